The minimum absolute atomic E-state index is 0.0118. The third kappa shape index (κ3) is 5.03. The van der Waals surface area contributed by atoms with E-state index in [1.54, 1.807) is 12.1 Å². The van der Waals surface area contributed by atoms with Gasteiger partial charge in [-0.1, -0.05) is 48.9 Å². The van der Waals surface area contributed by atoms with Crippen molar-refractivity contribution in [2.75, 3.05) is 19.6 Å². The first-order valence-corrected chi connectivity index (χ1v) is 10.9. The SMILES string of the molecule is CC(=O)c1ccc(S(=O)(=O)NCC(c2ccccc2)N2CCCCC2)cc1. The van der Waals surface area contributed by atoms with Gasteiger partial charge in [0.15, 0.2) is 5.78 Å². The molecule has 1 heterocycles. The van der Waals surface area contributed by atoms with Crippen LogP contribution in [-0.2, 0) is 10.0 Å². The number of benzene rings is 2. The van der Waals surface area contributed by atoms with Crippen LogP contribution in [0.25, 0.3) is 0 Å². The first-order chi connectivity index (χ1) is 13.0. The number of sulfonamides is 1. The lowest BCUT2D eigenvalue weighted by Crippen LogP contribution is -2.40. The molecule has 1 aliphatic heterocycles. The highest BCUT2D eigenvalue weighted by atomic mass is 32.2. The fraction of sp³-hybridized carbons (Fsp3) is 0.381. The molecule has 3 rings (SSSR count). The van der Waals surface area contributed by atoms with E-state index >= 15 is 0 Å². The van der Waals surface area contributed by atoms with E-state index in [0.717, 1.165) is 31.5 Å². The summed E-state index contributed by atoms with van der Waals surface area (Å²) in [4.78, 5) is 13.9. The van der Waals surface area contributed by atoms with Gasteiger partial charge in [-0.25, -0.2) is 13.1 Å². The molecule has 27 heavy (non-hydrogen) atoms. The van der Waals surface area contributed by atoms with Gasteiger partial charge in [-0.05, 0) is 50.6 Å². The normalized spacial score (nSPS) is 16.8. The molecule has 1 atom stereocenters. The molecule has 1 saturated heterocycles. The highest BCUT2D eigenvalue weighted by Gasteiger charge is 2.24. The molecule has 5 nitrogen and oxygen atoms in total. The van der Waals surface area contributed by atoms with Gasteiger partial charge in [0.2, 0.25) is 10.0 Å². The molecule has 0 amide bonds. The monoisotopic (exact) mass is 386 g/mol. The van der Waals surface area contributed by atoms with E-state index in [1.807, 2.05) is 18.2 Å². The molecule has 0 aromatic heterocycles. The molecule has 2 aromatic rings. The Kier molecular flexibility index (Phi) is 6.42. The molecule has 1 N–H and O–H groups in total. The standard InChI is InChI=1S/C21H26N2O3S/c1-17(24)18-10-12-20(13-11-18)27(25,26)22-16-21(19-8-4-2-5-9-19)23-14-6-3-7-15-23/h2,4-5,8-13,21-22H,3,6-7,14-16H2,1H3. The lowest BCUT2D eigenvalue weighted by molar-refractivity contribution is 0.101. The highest BCUT2D eigenvalue weighted by molar-refractivity contribution is 7.89. The van der Waals surface area contributed by atoms with Crippen molar-refractivity contribution in [2.24, 2.45) is 0 Å². The maximum absolute atomic E-state index is 12.7. The summed E-state index contributed by atoms with van der Waals surface area (Å²) in [5, 5.41) is 0. The molecule has 144 valence electrons. The van der Waals surface area contributed by atoms with Crippen molar-refractivity contribution in [3.8, 4) is 0 Å². The summed E-state index contributed by atoms with van der Waals surface area (Å²) in [7, 11) is -3.63. The van der Waals surface area contributed by atoms with Crippen LogP contribution in [0, 0.1) is 0 Å². The quantitative estimate of drug-likeness (QED) is 0.741. The Balaban J connectivity index is 1.76. The number of piperidine rings is 1. The van der Waals surface area contributed by atoms with Crippen LogP contribution < -0.4 is 4.72 Å². The van der Waals surface area contributed by atoms with Gasteiger partial charge in [-0.15, -0.1) is 0 Å². The number of carbonyl (C=O) groups excluding carboxylic acids is 1. The zero-order valence-corrected chi connectivity index (χ0v) is 16.4. The van der Waals surface area contributed by atoms with E-state index in [0.29, 0.717) is 12.1 Å². The Bertz CT molecular complexity index is 858. The van der Waals surface area contributed by atoms with Gasteiger partial charge in [-0.3, -0.25) is 9.69 Å². The molecule has 0 saturated carbocycles. The first kappa shape index (κ1) is 19.7. The summed E-state index contributed by atoms with van der Waals surface area (Å²) in [6.07, 6.45) is 3.51. The zero-order chi connectivity index (χ0) is 19.3. The smallest absolute Gasteiger partial charge is 0.240 e. The topological polar surface area (TPSA) is 66.5 Å². The Labute approximate surface area is 161 Å². The molecular weight excluding hydrogens is 360 g/mol. The summed E-state index contributed by atoms with van der Waals surface area (Å²) < 4.78 is 28.2. The number of rotatable bonds is 7. The minimum atomic E-state index is -3.63. The second-order valence-electron chi connectivity index (χ2n) is 6.96. The summed E-state index contributed by atoms with van der Waals surface area (Å²) in [6.45, 7) is 3.74. The van der Waals surface area contributed by atoms with E-state index in [9.17, 15) is 13.2 Å². The lowest BCUT2D eigenvalue weighted by atomic mass is 10.0. The summed E-state index contributed by atoms with van der Waals surface area (Å²) >= 11 is 0. The highest BCUT2D eigenvalue weighted by Crippen LogP contribution is 2.24. The molecule has 1 unspecified atom stereocenters. The summed E-state index contributed by atoms with van der Waals surface area (Å²) in [5.41, 5.74) is 1.62. The van der Waals surface area contributed by atoms with Crippen LogP contribution in [0.4, 0.5) is 0 Å². The predicted molar refractivity (Wildman–Crippen MR) is 106 cm³/mol. The van der Waals surface area contributed by atoms with Crippen molar-refractivity contribution in [3.05, 3.63) is 65.7 Å². The molecule has 1 aliphatic rings. The molecule has 0 radical (unpaired) electrons. The number of ketones is 1. The van der Waals surface area contributed by atoms with Crippen LogP contribution in [0.2, 0.25) is 0 Å². The third-order valence-corrected chi connectivity index (χ3v) is 6.49. The van der Waals surface area contributed by atoms with Crippen molar-refractivity contribution >= 4 is 15.8 Å². The number of carbonyl (C=O) groups is 1. The van der Waals surface area contributed by atoms with E-state index in [1.165, 1.54) is 25.5 Å². The van der Waals surface area contributed by atoms with Crippen LogP contribution in [-0.4, -0.2) is 38.7 Å². The van der Waals surface area contributed by atoms with Gasteiger partial charge in [0.25, 0.3) is 0 Å². The Hall–Kier alpha value is -2.02. The van der Waals surface area contributed by atoms with Crippen molar-refractivity contribution < 1.29 is 13.2 Å². The predicted octanol–water partition coefficient (Wildman–Crippen LogP) is 3.39. The van der Waals surface area contributed by atoms with Gasteiger partial charge < -0.3 is 0 Å². The number of hydrogen-bond donors (Lipinski definition) is 1. The Morgan fingerprint density at radius 2 is 1.63 bits per heavy atom. The van der Waals surface area contributed by atoms with Crippen molar-refractivity contribution in [1.29, 1.82) is 0 Å². The largest absolute Gasteiger partial charge is 0.295 e. The van der Waals surface area contributed by atoms with Crippen LogP contribution >= 0.6 is 0 Å². The molecule has 1 fully saturated rings. The molecule has 6 heteroatoms. The van der Waals surface area contributed by atoms with E-state index in [-0.39, 0.29) is 16.7 Å². The average molecular weight is 387 g/mol. The van der Waals surface area contributed by atoms with Crippen molar-refractivity contribution in [1.82, 2.24) is 9.62 Å². The van der Waals surface area contributed by atoms with Crippen LogP contribution in [0.1, 0.15) is 48.1 Å². The third-order valence-electron chi connectivity index (χ3n) is 5.05. The summed E-state index contributed by atoms with van der Waals surface area (Å²) in [6, 6.07) is 16.1. The van der Waals surface area contributed by atoms with Crippen molar-refractivity contribution in [3.63, 3.8) is 0 Å². The molecular formula is C21H26N2O3S. The van der Waals surface area contributed by atoms with Gasteiger partial charge in [0.1, 0.15) is 0 Å². The van der Waals surface area contributed by atoms with E-state index in [2.05, 4.69) is 21.8 Å². The van der Waals surface area contributed by atoms with Crippen LogP contribution in [0.15, 0.2) is 59.5 Å². The minimum Gasteiger partial charge on any atom is -0.295 e. The molecule has 0 bridgehead atoms. The molecule has 0 aliphatic carbocycles. The second kappa shape index (κ2) is 8.78. The number of nitrogens with one attached hydrogen (secondary N) is 1. The Morgan fingerprint density at radius 1 is 1.00 bits per heavy atom. The first-order valence-electron chi connectivity index (χ1n) is 9.37. The maximum Gasteiger partial charge on any atom is 0.240 e. The maximum atomic E-state index is 12.7. The number of likely N-dealkylation sites (tertiary alicyclic amines) is 1. The number of nitrogens with zero attached hydrogens (tertiary/aromatic N) is 1. The van der Waals surface area contributed by atoms with Crippen LogP contribution in [0.5, 0.6) is 0 Å². The average Bonchev–Trinajstić information content (AvgIpc) is 2.70. The van der Waals surface area contributed by atoms with Gasteiger partial charge in [0, 0.05) is 18.2 Å². The fourth-order valence-electron chi connectivity index (χ4n) is 3.50. The molecule has 2 aromatic carbocycles. The lowest BCUT2D eigenvalue weighted by Gasteiger charge is -2.35. The van der Waals surface area contributed by atoms with Gasteiger partial charge >= 0.3 is 0 Å². The fourth-order valence-corrected chi connectivity index (χ4v) is 4.54. The Morgan fingerprint density at radius 3 is 2.22 bits per heavy atom. The summed E-state index contributed by atoms with van der Waals surface area (Å²) in [5.74, 6) is -0.0823. The second-order valence-corrected chi connectivity index (χ2v) is 8.72. The van der Waals surface area contributed by atoms with Crippen molar-refractivity contribution in [2.45, 2.75) is 37.1 Å². The molecule has 0 spiro atoms. The van der Waals surface area contributed by atoms with Gasteiger partial charge in [0.05, 0.1) is 4.90 Å². The van der Waals surface area contributed by atoms with E-state index < -0.39 is 10.0 Å². The zero-order valence-electron chi connectivity index (χ0n) is 15.6. The van der Waals surface area contributed by atoms with E-state index in [4.69, 9.17) is 0 Å². The van der Waals surface area contributed by atoms with Crippen LogP contribution in [0.3, 0.4) is 0 Å². The number of Topliss-reactive ketones (excluding diaryl/α,β-unsaturated/α-hetero) is 1. The number of hydrogen-bond acceptors (Lipinski definition) is 4. The van der Waals surface area contributed by atoms with Gasteiger partial charge in [-0.2, -0.15) is 0 Å².